The fourth-order valence-corrected chi connectivity index (χ4v) is 2.86. The number of hydrogen-bond acceptors (Lipinski definition) is 3. The van der Waals surface area contributed by atoms with Crippen LogP contribution in [0, 0.1) is 0 Å². The molecule has 0 aromatic heterocycles. The first kappa shape index (κ1) is 14.3. The minimum absolute atomic E-state index is 0.227. The maximum absolute atomic E-state index is 6.03. The zero-order valence-corrected chi connectivity index (χ0v) is 12.7. The normalized spacial score (nSPS) is 23.0. The molecule has 1 aliphatic heterocycles. The van der Waals surface area contributed by atoms with Crippen molar-refractivity contribution in [1.82, 2.24) is 4.90 Å². The summed E-state index contributed by atoms with van der Waals surface area (Å²) in [5.41, 5.74) is 7.14. The van der Waals surface area contributed by atoms with Crippen LogP contribution in [0.25, 0.3) is 0 Å². The van der Waals surface area contributed by atoms with Crippen molar-refractivity contribution in [3.8, 4) is 0 Å². The zero-order chi connectivity index (χ0) is 13.1. The molecular weight excluding hydrogens is 316 g/mol. The molecule has 1 saturated heterocycles. The van der Waals surface area contributed by atoms with Crippen LogP contribution in [-0.2, 0) is 4.74 Å². The predicted molar refractivity (Wildman–Crippen MR) is 77.9 cm³/mol. The van der Waals surface area contributed by atoms with E-state index in [-0.39, 0.29) is 12.1 Å². The van der Waals surface area contributed by atoms with Gasteiger partial charge < -0.3 is 10.5 Å². The summed E-state index contributed by atoms with van der Waals surface area (Å²) in [4.78, 5) is 2.38. The van der Waals surface area contributed by atoms with E-state index in [1.165, 1.54) is 5.56 Å². The van der Waals surface area contributed by atoms with Crippen LogP contribution in [0.1, 0.15) is 18.5 Å². The van der Waals surface area contributed by atoms with Gasteiger partial charge in [0.1, 0.15) is 0 Å². The fourth-order valence-electron chi connectivity index (χ4n) is 2.34. The maximum atomic E-state index is 6.03. The van der Waals surface area contributed by atoms with E-state index in [9.17, 15) is 0 Å². The van der Waals surface area contributed by atoms with Gasteiger partial charge >= 0.3 is 0 Å². The van der Waals surface area contributed by atoms with Gasteiger partial charge in [-0.15, -0.1) is 0 Å². The lowest BCUT2D eigenvalue weighted by atomic mass is 10.0. The third kappa shape index (κ3) is 3.25. The molecule has 3 nitrogen and oxygen atoms in total. The maximum Gasteiger partial charge on any atom is 0.0674 e. The van der Waals surface area contributed by atoms with Crippen molar-refractivity contribution in [3.05, 3.63) is 33.3 Å². The molecule has 1 fully saturated rings. The van der Waals surface area contributed by atoms with Gasteiger partial charge in [-0.1, -0.05) is 17.7 Å². The molecule has 2 N–H and O–H groups in total. The average molecular weight is 334 g/mol. The quantitative estimate of drug-likeness (QED) is 0.924. The van der Waals surface area contributed by atoms with Gasteiger partial charge in [-0.05, 0) is 40.5 Å². The highest BCUT2D eigenvalue weighted by atomic mass is 79.9. The predicted octanol–water partition coefficient (Wildman–Crippen LogP) is 2.82. The Morgan fingerprint density at radius 2 is 2.39 bits per heavy atom. The van der Waals surface area contributed by atoms with Gasteiger partial charge in [-0.25, -0.2) is 0 Å². The van der Waals surface area contributed by atoms with Gasteiger partial charge in [0, 0.05) is 30.1 Å². The second kappa shape index (κ2) is 6.35. The summed E-state index contributed by atoms with van der Waals surface area (Å²) in [5, 5.41) is 0.727. The number of ether oxygens (including phenoxy) is 1. The highest BCUT2D eigenvalue weighted by Crippen LogP contribution is 2.29. The number of hydrogen-bond donors (Lipinski definition) is 1. The molecular formula is C13H18BrClN2O. The summed E-state index contributed by atoms with van der Waals surface area (Å²) >= 11 is 9.49. The molecule has 1 aliphatic rings. The number of morpholine rings is 1. The third-order valence-corrected chi connectivity index (χ3v) is 4.48. The molecule has 100 valence electrons. The molecule has 0 saturated carbocycles. The molecule has 1 aromatic rings. The molecule has 5 heteroatoms. The van der Waals surface area contributed by atoms with E-state index in [1.54, 1.807) is 0 Å². The van der Waals surface area contributed by atoms with Crippen LogP contribution in [-0.4, -0.2) is 37.2 Å². The lowest BCUT2D eigenvalue weighted by Gasteiger charge is -2.37. The Bertz CT molecular complexity index is 416. The monoisotopic (exact) mass is 332 g/mol. The number of benzene rings is 1. The summed E-state index contributed by atoms with van der Waals surface area (Å²) in [5.74, 6) is 0. The van der Waals surface area contributed by atoms with Crippen LogP contribution in [0.2, 0.25) is 5.02 Å². The summed E-state index contributed by atoms with van der Waals surface area (Å²) < 4.78 is 6.49. The van der Waals surface area contributed by atoms with Crippen LogP contribution in [0.4, 0.5) is 0 Å². The summed E-state index contributed by atoms with van der Waals surface area (Å²) in [6.07, 6.45) is 0.267. The first-order chi connectivity index (χ1) is 8.61. The molecule has 0 bridgehead atoms. The molecule has 0 aliphatic carbocycles. The van der Waals surface area contributed by atoms with E-state index in [4.69, 9.17) is 22.1 Å². The SMILES string of the molecule is CC1CN(C(CN)c2ccc(Cl)c(Br)c2)CCO1. The van der Waals surface area contributed by atoms with E-state index >= 15 is 0 Å². The summed E-state index contributed by atoms with van der Waals surface area (Å²) in [6.45, 7) is 5.30. The highest BCUT2D eigenvalue weighted by molar-refractivity contribution is 9.10. The molecule has 1 aromatic carbocycles. The highest BCUT2D eigenvalue weighted by Gasteiger charge is 2.24. The van der Waals surface area contributed by atoms with Gasteiger partial charge in [0.15, 0.2) is 0 Å². The number of nitrogens with two attached hydrogens (primary N) is 1. The Morgan fingerprint density at radius 1 is 1.61 bits per heavy atom. The summed E-state index contributed by atoms with van der Waals surface area (Å²) in [6, 6.07) is 6.24. The zero-order valence-electron chi connectivity index (χ0n) is 10.4. The molecule has 0 spiro atoms. The minimum atomic E-state index is 0.227. The smallest absolute Gasteiger partial charge is 0.0674 e. The van der Waals surface area contributed by atoms with Crippen molar-refractivity contribution in [1.29, 1.82) is 0 Å². The van der Waals surface area contributed by atoms with E-state index in [2.05, 4.69) is 33.8 Å². The van der Waals surface area contributed by atoms with Gasteiger partial charge in [-0.3, -0.25) is 4.90 Å². The number of rotatable bonds is 3. The third-order valence-electron chi connectivity index (χ3n) is 3.26. The van der Waals surface area contributed by atoms with Gasteiger partial charge in [0.05, 0.1) is 17.7 Å². The van der Waals surface area contributed by atoms with Crippen molar-refractivity contribution < 1.29 is 4.74 Å². The van der Waals surface area contributed by atoms with Crippen molar-refractivity contribution in [2.75, 3.05) is 26.2 Å². The molecule has 18 heavy (non-hydrogen) atoms. The van der Waals surface area contributed by atoms with Crippen LogP contribution < -0.4 is 5.73 Å². The Kier molecular flexibility index (Phi) is 5.04. The largest absolute Gasteiger partial charge is 0.376 e. The molecule has 2 unspecified atom stereocenters. The van der Waals surface area contributed by atoms with Gasteiger partial charge in [0.25, 0.3) is 0 Å². The van der Waals surface area contributed by atoms with Crippen molar-refractivity contribution in [2.45, 2.75) is 19.1 Å². The molecule has 0 radical (unpaired) electrons. The van der Waals surface area contributed by atoms with Crippen molar-refractivity contribution >= 4 is 27.5 Å². The Morgan fingerprint density at radius 3 is 3.00 bits per heavy atom. The first-order valence-electron chi connectivity index (χ1n) is 6.12. The second-order valence-corrected chi connectivity index (χ2v) is 5.86. The minimum Gasteiger partial charge on any atom is -0.376 e. The van der Waals surface area contributed by atoms with Crippen LogP contribution in [0.5, 0.6) is 0 Å². The van der Waals surface area contributed by atoms with E-state index < -0.39 is 0 Å². The lowest BCUT2D eigenvalue weighted by molar-refractivity contribution is -0.0333. The molecule has 2 atom stereocenters. The van der Waals surface area contributed by atoms with Crippen molar-refractivity contribution in [2.24, 2.45) is 5.73 Å². The molecule has 2 rings (SSSR count). The van der Waals surface area contributed by atoms with E-state index in [1.807, 2.05) is 12.1 Å². The molecule has 0 amide bonds. The first-order valence-corrected chi connectivity index (χ1v) is 7.29. The topological polar surface area (TPSA) is 38.5 Å². The van der Waals surface area contributed by atoms with E-state index in [0.717, 1.165) is 29.2 Å². The lowest BCUT2D eigenvalue weighted by Crippen LogP contribution is -2.45. The summed E-state index contributed by atoms with van der Waals surface area (Å²) in [7, 11) is 0. The van der Waals surface area contributed by atoms with Gasteiger partial charge in [0.2, 0.25) is 0 Å². The van der Waals surface area contributed by atoms with Crippen LogP contribution >= 0.6 is 27.5 Å². The fraction of sp³-hybridized carbons (Fsp3) is 0.538. The van der Waals surface area contributed by atoms with Crippen LogP contribution in [0.3, 0.4) is 0 Å². The van der Waals surface area contributed by atoms with E-state index in [0.29, 0.717) is 6.54 Å². The number of nitrogens with zero attached hydrogens (tertiary/aromatic N) is 1. The second-order valence-electron chi connectivity index (χ2n) is 4.60. The standard InChI is InChI=1S/C13H18BrClN2O/c1-9-8-17(4-5-18-9)13(7-16)10-2-3-12(15)11(14)6-10/h2-3,6,9,13H,4-5,7-8,16H2,1H3. The molecule has 1 heterocycles. The number of halogens is 2. The average Bonchev–Trinajstić information content (AvgIpc) is 2.35. The Labute approximate surface area is 121 Å². The van der Waals surface area contributed by atoms with Crippen LogP contribution in [0.15, 0.2) is 22.7 Å². The van der Waals surface area contributed by atoms with Crippen molar-refractivity contribution in [3.63, 3.8) is 0 Å². The van der Waals surface area contributed by atoms with Gasteiger partial charge in [-0.2, -0.15) is 0 Å². The Hall–Kier alpha value is -0.130. The Balaban J connectivity index is 2.18.